The fraction of sp³-hybridized carbons (Fsp3) is 0.0588. The van der Waals surface area contributed by atoms with Gasteiger partial charge in [-0.25, -0.2) is 4.79 Å². The van der Waals surface area contributed by atoms with E-state index in [2.05, 4.69) is 5.32 Å². The molecule has 2 aromatic rings. The van der Waals surface area contributed by atoms with E-state index in [-0.39, 0.29) is 22.0 Å². The molecule has 0 spiro atoms. The number of amides is 1. The Balaban J connectivity index is 2.16. The molecule has 4 N–H and O–H groups in total. The number of hydrogen-bond acceptors (Lipinski definition) is 4. The van der Waals surface area contributed by atoms with E-state index in [1.165, 1.54) is 25.3 Å². The maximum Gasteiger partial charge on any atom is 0.339 e. The molecule has 24 heavy (non-hydrogen) atoms. The molecule has 0 radical (unpaired) electrons. The van der Waals surface area contributed by atoms with Crippen molar-refractivity contribution in [3.63, 3.8) is 0 Å². The van der Waals surface area contributed by atoms with Gasteiger partial charge >= 0.3 is 5.97 Å². The van der Waals surface area contributed by atoms with Crippen LogP contribution in [0.5, 0.6) is 5.75 Å². The van der Waals surface area contributed by atoms with Crippen molar-refractivity contribution in [2.45, 2.75) is 0 Å². The first-order valence-corrected chi connectivity index (χ1v) is 7.24. The number of methoxy groups -OCH3 is 1. The summed E-state index contributed by atoms with van der Waals surface area (Å²) in [7, 11) is 1.34. The number of aromatic carboxylic acids is 1. The van der Waals surface area contributed by atoms with Gasteiger partial charge < -0.3 is 20.9 Å². The molecule has 0 aromatic heterocycles. The lowest BCUT2D eigenvalue weighted by atomic mass is 10.1. The van der Waals surface area contributed by atoms with Crippen LogP contribution in [0.3, 0.4) is 0 Å². The lowest BCUT2D eigenvalue weighted by Gasteiger charge is -2.10. The van der Waals surface area contributed by atoms with E-state index >= 15 is 0 Å². The number of carboxylic acids is 1. The number of carbonyl (C=O) groups is 2. The van der Waals surface area contributed by atoms with E-state index in [9.17, 15) is 9.59 Å². The first kappa shape index (κ1) is 17.4. The molecular formula is C17H15ClN2O4. The molecule has 124 valence electrons. The number of anilines is 2. The van der Waals surface area contributed by atoms with Crippen LogP contribution in [0.2, 0.25) is 5.02 Å². The Hall–Kier alpha value is -2.99. The van der Waals surface area contributed by atoms with E-state index < -0.39 is 11.9 Å². The van der Waals surface area contributed by atoms with Gasteiger partial charge in [0.1, 0.15) is 11.3 Å². The number of rotatable bonds is 5. The second-order valence-corrected chi connectivity index (χ2v) is 5.23. The van der Waals surface area contributed by atoms with E-state index in [0.717, 1.165) is 5.56 Å². The van der Waals surface area contributed by atoms with Gasteiger partial charge in [-0.1, -0.05) is 23.7 Å². The SMILES string of the molecule is COc1cc(NC(=O)/C=C/c2ccc(N)cc2)c(Cl)cc1C(=O)O. The topological polar surface area (TPSA) is 102 Å². The fourth-order valence-electron chi connectivity index (χ4n) is 1.94. The van der Waals surface area contributed by atoms with Crippen molar-refractivity contribution in [3.05, 3.63) is 58.6 Å². The standard InChI is InChI=1S/C17H15ClN2O4/c1-24-15-9-14(13(18)8-12(15)17(22)23)20-16(21)7-4-10-2-5-11(19)6-3-10/h2-9H,19H2,1H3,(H,20,21)(H,22,23)/b7-4+. The third-order valence-corrected chi connectivity index (χ3v) is 3.45. The normalized spacial score (nSPS) is 10.6. The Kier molecular flexibility index (Phi) is 5.44. The molecule has 0 saturated heterocycles. The van der Waals surface area contributed by atoms with Crippen LogP contribution < -0.4 is 15.8 Å². The van der Waals surface area contributed by atoms with Crippen LogP contribution in [0, 0.1) is 0 Å². The summed E-state index contributed by atoms with van der Waals surface area (Å²) >= 11 is 6.01. The Labute approximate surface area is 143 Å². The van der Waals surface area contributed by atoms with E-state index in [1.54, 1.807) is 30.3 Å². The van der Waals surface area contributed by atoms with Crippen molar-refractivity contribution in [1.82, 2.24) is 0 Å². The lowest BCUT2D eigenvalue weighted by Crippen LogP contribution is -2.09. The zero-order valence-corrected chi connectivity index (χ0v) is 13.5. The maximum absolute atomic E-state index is 12.0. The summed E-state index contributed by atoms with van der Waals surface area (Å²) in [5.74, 6) is -1.49. The molecule has 2 aromatic carbocycles. The molecule has 6 nitrogen and oxygen atoms in total. The summed E-state index contributed by atoms with van der Waals surface area (Å²) in [4.78, 5) is 23.1. The van der Waals surface area contributed by atoms with Crippen molar-refractivity contribution < 1.29 is 19.4 Å². The molecule has 2 rings (SSSR count). The van der Waals surface area contributed by atoms with Gasteiger partial charge in [0.25, 0.3) is 0 Å². The monoisotopic (exact) mass is 346 g/mol. The molecular weight excluding hydrogens is 332 g/mol. The number of nitrogens with one attached hydrogen (secondary N) is 1. The zero-order chi connectivity index (χ0) is 17.7. The van der Waals surface area contributed by atoms with Gasteiger partial charge in [0.15, 0.2) is 0 Å². The quantitative estimate of drug-likeness (QED) is 0.569. The largest absolute Gasteiger partial charge is 0.496 e. The minimum absolute atomic E-state index is 0.0853. The van der Waals surface area contributed by atoms with Crippen molar-refractivity contribution in [3.8, 4) is 5.75 Å². The minimum atomic E-state index is -1.17. The van der Waals surface area contributed by atoms with Crippen molar-refractivity contribution in [1.29, 1.82) is 0 Å². The average molecular weight is 347 g/mol. The molecule has 0 fully saturated rings. The molecule has 0 atom stereocenters. The number of ether oxygens (including phenoxy) is 1. The molecule has 0 aliphatic heterocycles. The number of benzene rings is 2. The molecule has 0 bridgehead atoms. The third kappa shape index (κ3) is 4.27. The second kappa shape index (κ2) is 7.52. The number of halogens is 1. The van der Waals surface area contributed by atoms with Crippen molar-refractivity contribution in [2.24, 2.45) is 0 Å². The predicted octanol–water partition coefficient (Wildman–Crippen LogP) is 3.28. The minimum Gasteiger partial charge on any atom is -0.496 e. The van der Waals surface area contributed by atoms with Gasteiger partial charge in [0.2, 0.25) is 5.91 Å². The van der Waals surface area contributed by atoms with Gasteiger partial charge in [0.05, 0.1) is 17.8 Å². The van der Waals surface area contributed by atoms with Crippen molar-refractivity contribution in [2.75, 3.05) is 18.2 Å². The summed E-state index contributed by atoms with van der Waals surface area (Å²) < 4.78 is 5.00. The van der Waals surface area contributed by atoms with E-state index in [4.69, 9.17) is 27.2 Å². The summed E-state index contributed by atoms with van der Waals surface area (Å²) in [6, 6.07) is 9.59. The van der Waals surface area contributed by atoms with Crippen molar-refractivity contribution >= 4 is 40.9 Å². The van der Waals surface area contributed by atoms with Crippen LogP contribution in [0.1, 0.15) is 15.9 Å². The Morgan fingerprint density at radius 3 is 2.50 bits per heavy atom. The van der Waals surface area contributed by atoms with Gasteiger partial charge in [-0.15, -0.1) is 0 Å². The lowest BCUT2D eigenvalue weighted by molar-refractivity contribution is -0.111. The molecule has 0 unspecified atom stereocenters. The van der Waals surface area contributed by atoms with Crippen LogP contribution in [0.15, 0.2) is 42.5 Å². The predicted molar refractivity (Wildman–Crippen MR) is 93.5 cm³/mol. The highest BCUT2D eigenvalue weighted by Gasteiger charge is 2.15. The Morgan fingerprint density at radius 1 is 1.25 bits per heavy atom. The summed E-state index contributed by atoms with van der Waals surface area (Å²) in [6.45, 7) is 0. The average Bonchev–Trinajstić information content (AvgIpc) is 2.55. The molecule has 7 heteroatoms. The van der Waals surface area contributed by atoms with E-state index in [0.29, 0.717) is 5.69 Å². The number of hydrogen-bond donors (Lipinski definition) is 3. The van der Waals surface area contributed by atoms with Gasteiger partial charge in [-0.3, -0.25) is 4.79 Å². The highest BCUT2D eigenvalue weighted by Crippen LogP contribution is 2.31. The third-order valence-electron chi connectivity index (χ3n) is 3.14. The maximum atomic E-state index is 12.0. The van der Waals surface area contributed by atoms with Crippen LogP contribution in [-0.4, -0.2) is 24.1 Å². The number of carboxylic acid groups (broad SMARTS) is 1. The summed E-state index contributed by atoms with van der Waals surface area (Å²) in [5.41, 5.74) is 7.20. The first-order valence-electron chi connectivity index (χ1n) is 6.86. The Bertz CT molecular complexity index is 801. The smallest absolute Gasteiger partial charge is 0.339 e. The van der Waals surface area contributed by atoms with Gasteiger partial charge in [-0.05, 0) is 29.8 Å². The number of nitrogen functional groups attached to an aromatic ring is 1. The van der Waals surface area contributed by atoms with Crippen LogP contribution >= 0.6 is 11.6 Å². The fourth-order valence-corrected chi connectivity index (χ4v) is 2.15. The number of carbonyl (C=O) groups excluding carboxylic acids is 1. The summed E-state index contributed by atoms with van der Waals surface area (Å²) in [5, 5.41) is 11.8. The van der Waals surface area contributed by atoms with Crippen LogP contribution in [-0.2, 0) is 4.79 Å². The highest BCUT2D eigenvalue weighted by molar-refractivity contribution is 6.34. The second-order valence-electron chi connectivity index (χ2n) is 4.83. The van der Waals surface area contributed by atoms with Gasteiger partial charge in [-0.2, -0.15) is 0 Å². The van der Waals surface area contributed by atoms with E-state index in [1.807, 2.05) is 0 Å². The summed E-state index contributed by atoms with van der Waals surface area (Å²) in [6.07, 6.45) is 2.95. The first-order chi connectivity index (χ1) is 11.4. The number of nitrogens with two attached hydrogens (primary N) is 1. The van der Waals surface area contributed by atoms with Crippen LogP contribution in [0.4, 0.5) is 11.4 Å². The molecule has 0 saturated carbocycles. The van der Waals surface area contributed by atoms with Gasteiger partial charge in [0, 0.05) is 17.8 Å². The zero-order valence-electron chi connectivity index (χ0n) is 12.7. The molecule has 0 aliphatic rings. The highest BCUT2D eigenvalue weighted by atomic mass is 35.5. The molecule has 0 heterocycles. The molecule has 1 amide bonds. The molecule has 0 aliphatic carbocycles. The van der Waals surface area contributed by atoms with Crippen LogP contribution in [0.25, 0.3) is 6.08 Å². The Morgan fingerprint density at radius 2 is 1.92 bits per heavy atom.